The van der Waals surface area contributed by atoms with Crippen LogP contribution in [0.15, 0.2) is 53.4 Å². The van der Waals surface area contributed by atoms with E-state index < -0.39 is 6.04 Å². The standard InChI is InChI=1S/C21H24Cl2N2O2S/c1-3-19(21(27)24-4-2)25(13-15-10-11-17(22)18(23)12-15)20(26)14-28-16-8-6-5-7-9-16/h5-12,19H,3-4,13-14H2,1-2H3,(H,24,27)/t19-/m1/s1. The largest absolute Gasteiger partial charge is 0.355 e. The first-order valence-electron chi connectivity index (χ1n) is 9.15. The van der Waals surface area contributed by atoms with Crippen LogP contribution in [0.3, 0.4) is 0 Å². The number of likely N-dealkylation sites (N-methyl/N-ethyl adjacent to an activating group) is 1. The molecule has 2 aromatic rings. The summed E-state index contributed by atoms with van der Waals surface area (Å²) in [5.74, 6) is 0.00230. The monoisotopic (exact) mass is 438 g/mol. The van der Waals surface area contributed by atoms with E-state index in [2.05, 4.69) is 5.32 Å². The molecule has 0 spiro atoms. The highest BCUT2D eigenvalue weighted by Gasteiger charge is 2.28. The summed E-state index contributed by atoms with van der Waals surface area (Å²) in [4.78, 5) is 28.2. The third-order valence-corrected chi connectivity index (χ3v) is 5.92. The second kappa shape index (κ2) is 11.3. The molecule has 28 heavy (non-hydrogen) atoms. The highest BCUT2D eigenvalue weighted by molar-refractivity contribution is 8.00. The Kier molecular flexibility index (Phi) is 9.16. The predicted molar refractivity (Wildman–Crippen MR) is 117 cm³/mol. The number of benzene rings is 2. The number of hydrogen-bond acceptors (Lipinski definition) is 3. The maximum Gasteiger partial charge on any atom is 0.242 e. The van der Waals surface area contributed by atoms with Gasteiger partial charge >= 0.3 is 0 Å². The Balaban J connectivity index is 2.21. The Bertz CT molecular complexity index is 802. The van der Waals surface area contributed by atoms with Gasteiger partial charge in [0.15, 0.2) is 0 Å². The summed E-state index contributed by atoms with van der Waals surface area (Å²) < 4.78 is 0. The molecular weight excluding hydrogens is 415 g/mol. The topological polar surface area (TPSA) is 49.4 Å². The molecular formula is C21H24Cl2N2O2S. The number of thioether (sulfide) groups is 1. The molecule has 150 valence electrons. The molecule has 2 amide bonds. The molecule has 0 aliphatic heterocycles. The molecule has 1 N–H and O–H groups in total. The molecule has 0 saturated heterocycles. The number of rotatable bonds is 9. The number of hydrogen-bond donors (Lipinski definition) is 1. The van der Waals surface area contributed by atoms with Crippen molar-refractivity contribution in [3.8, 4) is 0 Å². The van der Waals surface area contributed by atoms with Crippen LogP contribution >= 0.6 is 35.0 Å². The smallest absolute Gasteiger partial charge is 0.242 e. The zero-order valence-corrected chi connectivity index (χ0v) is 18.3. The maximum absolute atomic E-state index is 13.0. The summed E-state index contributed by atoms with van der Waals surface area (Å²) in [5, 5.41) is 3.71. The van der Waals surface area contributed by atoms with Gasteiger partial charge in [0.1, 0.15) is 6.04 Å². The zero-order valence-electron chi connectivity index (χ0n) is 16.0. The van der Waals surface area contributed by atoms with Crippen LogP contribution < -0.4 is 5.32 Å². The summed E-state index contributed by atoms with van der Waals surface area (Å²) in [5.41, 5.74) is 0.829. The Hall–Kier alpha value is -1.69. The van der Waals surface area contributed by atoms with Crippen LogP contribution in [0.2, 0.25) is 10.0 Å². The molecule has 0 aromatic heterocycles. The summed E-state index contributed by atoms with van der Waals surface area (Å²) >= 11 is 13.6. The van der Waals surface area contributed by atoms with E-state index in [9.17, 15) is 9.59 Å². The first-order valence-corrected chi connectivity index (χ1v) is 10.9. The number of carbonyl (C=O) groups excluding carboxylic acids is 2. The maximum atomic E-state index is 13.0. The van der Waals surface area contributed by atoms with Crippen molar-refractivity contribution in [2.75, 3.05) is 12.3 Å². The molecule has 0 aliphatic rings. The highest BCUT2D eigenvalue weighted by atomic mass is 35.5. The van der Waals surface area contributed by atoms with E-state index in [0.717, 1.165) is 10.5 Å². The summed E-state index contributed by atoms with van der Waals surface area (Å²) in [6.45, 7) is 4.57. The van der Waals surface area contributed by atoms with Gasteiger partial charge in [-0.2, -0.15) is 0 Å². The van der Waals surface area contributed by atoms with Gasteiger partial charge < -0.3 is 10.2 Å². The molecule has 0 radical (unpaired) electrons. The lowest BCUT2D eigenvalue weighted by Crippen LogP contribution is -2.49. The van der Waals surface area contributed by atoms with Crippen LogP contribution in [-0.2, 0) is 16.1 Å². The minimum Gasteiger partial charge on any atom is -0.355 e. The van der Waals surface area contributed by atoms with Crippen LogP contribution in [0, 0.1) is 0 Å². The van der Waals surface area contributed by atoms with Crippen LogP contribution in [0.25, 0.3) is 0 Å². The van der Waals surface area contributed by atoms with E-state index in [-0.39, 0.29) is 17.6 Å². The molecule has 7 heteroatoms. The van der Waals surface area contributed by atoms with Gasteiger partial charge in [0.05, 0.1) is 15.8 Å². The van der Waals surface area contributed by atoms with Crippen molar-refractivity contribution in [1.29, 1.82) is 0 Å². The summed E-state index contributed by atoms with van der Waals surface area (Å²) in [6, 6.07) is 14.4. The zero-order chi connectivity index (χ0) is 20.5. The molecule has 0 fully saturated rings. The Morgan fingerprint density at radius 3 is 2.39 bits per heavy atom. The van der Waals surface area contributed by atoms with Crippen molar-refractivity contribution in [3.05, 3.63) is 64.1 Å². The summed E-state index contributed by atoms with van der Waals surface area (Å²) in [7, 11) is 0. The van der Waals surface area contributed by atoms with E-state index in [1.807, 2.05) is 50.2 Å². The molecule has 2 rings (SSSR count). The second-order valence-corrected chi connectivity index (χ2v) is 8.05. The number of nitrogens with zero attached hydrogens (tertiary/aromatic N) is 1. The van der Waals surface area contributed by atoms with E-state index in [1.54, 1.807) is 17.0 Å². The van der Waals surface area contributed by atoms with Gasteiger partial charge in [0.25, 0.3) is 0 Å². The van der Waals surface area contributed by atoms with E-state index in [1.165, 1.54) is 11.8 Å². The molecule has 0 heterocycles. The third-order valence-electron chi connectivity index (χ3n) is 4.18. The van der Waals surface area contributed by atoms with Crippen LogP contribution in [0.4, 0.5) is 0 Å². The quantitative estimate of drug-likeness (QED) is 0.558. The average molecular weight is 439 g/mol. The van der Waals surface area contributed by atoms with Gasteiger partial charge in [-0.25, -0.2) is 0 Å². The van der Waals surface area contributed by atoms with Gasteiger partial charge in [-0.15, -0.1) is 11.8 Å². The first-order chi connectivity index (χ1) is 13.5. The van der Waals surface area contributed by atoms with Crippen molar-refractivity contribution in [2.45, 2.75) is 37.8 Å². The Labute approximate surface area is 180 Å². The lowest BCUT2D eigenvalue weighted by Gasteiger charge is -2.30. The van der Waals surface area contributed by atoms with Crippen molar-refractivity contribution >= 4 is 46.8 Å². The lowest BCUT2D eigenvalue weighted by atomic mass is 10.1. The van der Waals surface area contributed by atoms with Gasteiger partial charge in [-0.1, -0.05) is 54.4 Å². The summed E-state index contributed by atoms with van der Waals surface area (Å²) in [6.07, 6.45) is 0.523. The van der Waals surface area contributed by atoms with Gasteiger partial charge in [-0.05, 0) is 43.2 Å². The predicted octanol–water partition coefficient (Wildman–Crippen LogP) is 5.03. The van der Waals surface area contributed by atoms with Gasteiger partial charge in [0, 0.05) is 18.0 Å². The average Bonchev–Trinajstić information content (AvgIpc) is 2.69. The minimum absolute atomic E-state index is 0.0990. The van der Waals surface area contributed by atoms with E-state index in [4.69, 9.17) is 23.2 Å². The molecule has 0 bridgehead atoms. The van der Waals surface area contributed by atoms with E-state index in [0.29, 0.717) is 29.6 Å². The fourth-order valence-electron chi connectivity index (χ4n) is 2.79. The molecule has 4 nitrogen and oxygen atoms in total. The molecule has 1 atom stereocenters. The Morgan fingerprint density at radius 2 is 1.79 bits per heavy atom. The molecule has 0 unspecified atom stereocenters. The normalized spacial score (nSPS) is 11.7. The number of nitrogens with one attached hydrogen (secondary N) is 1. The number of carbonyl (C=O) groups is 2. The van der Waals surface area contributed by atoms with Crippen LogP contribution in [0.5, 0.6) is 0 Å². The highest BCUT2D eigenvalue weighted by Crippen LogP contribution is 2.25. The minimum atomic E-state index is -0.543. The van der Waals surface area contributed by atoms with E-state index >= 15 is 0 Å². The lowest BCUT2D eigenvalue weighted by molar-refractivity contribution is -0.139. The first kappa shape index (κ1) is 22.6. The van der Waals surface area contributed by atoms with Crippen molar-refractivity contribution in [1.82, 2.24) is 10.2 Å². The van der Waals surface area contributed by atoms with Crippen molar-refractivity contribution in [3.63, 3.8) is 0 Å². The van der Waals surface area contributed by atoms with Crippen LogP contribution in [-0.4, -0.2) is 35.1 Å². The SMILES string of the molecule is CCNC(=O)[C@@H](CC)N(Cc1ccc(Cl)c(Cl)c1)C(=O)CSc1ccccc1. The Morgan fingerprint density at radius 1 is 1.07 bits per heavy atom. The fourth-order valence-corrected chi connectivity index (χ4v) is 3.92. The number of amides is 2. The molecule has 2 aromatic carbocycles. The third kappa shape index (κ3) is 6.43. The second-order valence-electron chi connectivity index (χ2n) is 6.19. The van der Waals surface area contributed by atoms with Crippen molar-refractivity contribution < 1.29 is 9.59 Å². The molecule has 0 aliphatic carbocycles. The molecule has 0 saturated carbocycles. The van der Waals surface area contributed by atoms with Gasteiger partial charge in [0.2, 0.25) is 11.8 Å². The van der Waals surface area contributed by atoms with Crippen molar-refractivity contribution in [2.24, 2.45) is 0 Å². The van der Waals surface area contributed by atoms with Gasteiger partial charge in [-0.3, -0.25) is 9.59 Å². The fraction of sp³-hybridized carbons (Fsp3) is 0.333. The van der Waals surface area contributed by atoms with Crippen LogP contribution in [0.1, 0.15) is 25.8 Å². The number of halogens is 2.